The Balaban J connectivity index is 1.47. The summed E-state index contributed by atoms with van der Waals surface area (Å²) in [6.07, 6.45) is -4.88. The van der Waals surface area contributed by atoms with Crippen LogP contribution in [0.4, 0.5) is 32.8 Å². The highest BCUT2D eigenvalue weighted by atomic mass is 32.1. The minimum atomic E-state index is -4.88. The number of thiazole rings is 1. The van der Waals surface area contributed by atoms with E-state index in [0.29, 0.717) is 31.7 Å². The Hall–Kier alpha value is -4.06. The standard InChI is InChI=1S/C29H29F5N8S/c1-17-25(20-14-23(21(31)15-22(20)36-17)42-12-10-41(11-13-42)9-8-40(2)3)27(29(32,33)34)38-39-28-37-26(24(16-35)43-28)18-4-6-19(30)7-5-18/h4-7,14-15,36H,8-13H2,1-3H3,(H,37,39)/b38-27-. The van der Waals surface area contributed by atoms with Gasteiger partial charge >= 0.3 is 6.18 Å². The summed E-state index contributed by atoms with van der Waals surface area (Å²) in [7, 11) is 3.99. The summed E-state index contributed by atoms with van der Waals surface area (Å²) in [5, 5.41) is 13.4. The molecule has 226 valence electrons. The zero-order valence-corrected chi connectivity index (χ0v) is 24.5. The third kappa shape index (κ3) is 6.64. The Kier molecular flexibility index (Phi) is 8.68. The van der Waals surface area contributed by atoms with E-state index in [2.05, 4.69) is 30.3 Å². The van der Waals surface area contributed by atoms with Crippen molar-refractivity contribution in [2.24, 2.45) is 5.10 Å². The number of piperazine rings is 1. The number of anilines is 2. The molecule has 0 spiro atoms. The van der Waals surface area contributed by atoms with Gasteiger partial charge in [-0.25, -0.2) is 13.8 Å². The van der Waals surface area contributed by atoms with E-state index in [-0.39, 0.29) is 43.6 Å². The van der Waals surface area contributed by atoms with Crippen molar-refractivity contribution in [2.75, 3.05) is 63.7 Å². The average Bonchev–Trinajstić information content (AvgIpc) is 3.51. The molecule has 1 fully saturated rings. The fourth-order valence-electron chi connectivity index (χ4n) is 5.05. The lowest BCUT2D eigenvalue weighted by atomic mass is 10.0. The molecule has 1 aliphatic heterocycles. The van der Waals surface area contributed by atoms with Crippen LogP contribution < -0.4 is 10.3 Å². The van der Waals surface area contributed by atoms with Crippen LogP contribution in [0.5, 0.6) is 0 Å². The topological polar surface area (TPSA) is 86.6 Å². The molecule has 0 aliphatic carbocycles. The van der Waals surface area contributed by atoms with E-state index in [1.165, 1.54) is 43.3 Å². The first-order valence-electron chi connectivity index (χ1n) is 13.5. The molecule has 0 radical (unpaired) electrons. The number of rotatable bonds is 8. The summed E-state index contributed by atoms with van der Waals surface area (Å²) < 4.78 is 72.0. The molecule has 14 heteroatoms. The highest BCUT2D eigenvalue weighted by molar-refractivity contribution is 7.16. The highest BCUT2D eigenvalue weighted by Gasteiger charge is 2.40. The molecule has 0 amide bonds. The second-order valence-electron chi connectivity index (χ2n) is 10.5. The van der Waals surface area contributed by atoms with Crippen LogP contribution in [0.15, 0.2) is 41.5 Å². The molecule has 1 saturated heterocycles. The molecule has 5 rings (SSSR count). The molecule has 1 aliphatic rings. The van der Waals surface area contributed by atoms with Gasteiger partial charge in [0.2, 0.25) is 5.13 Å². The summed E-state index contributed by atoms with van der Waals surface area (Å²) in [5.74, 6) is -1.000. The number of aromatic amines is 1. The minimum Gasteiger partial charge on any atom is -0.367 e. The molecule has 0 saturated carbocycles. The van der Waals surface area contributed by atoms with Crippen molar-refractivity contribution < 1.29 is 22.0 Å². The maximum absolute atomic E-state index is 15.2. The molecule has 4 aromatic rings. The Morgan fingerprint density at radius 1 is 1.14 bits per heavy atom. The largest absolute Gasteiger partial charge is 0.435 e. The fourth-order valence-corrected chi connectivity index (χ4v) is 5.78. The smallest absolute Gasteiger partial charge is 0.367 e. The Morgan fingerprint density at radius 2 is 1.84 bits per heavy atom. The van der Waals surface area contributed by atoms with E-state index < -0.39 is 23.5 Å². The average molecular weight is 617 g/mol. The van der Waals surface area contributed by atoms with Gasteiger partial charge in [-0.15, -0.1) is 0 Å². The molecular weight excluding hydrogens is 587 g/mol. The predicted molar refractivity (Wildman–Crippen MR) is 159 cm³/mol. The Morgan fingerprint density at radius 3 is 2.47 bits per heavy atom. The van der Waals surface area contributed by atoms with Gasteiger partial charge in [0.25, 0.3) is 0 Å². The van der Waals surface area contributed by atoms with E-state index in [9.17, 15) is 22.8 Å². The van der Waals surface area contributed by atoms with Crippen LogP contribution in [-0.2, 0) is 0 Å². The lowest BCUT2D eigenvalue weighted by Gasteiger charge is -2.36. The number of nitriles is 1. The first kappa shape index (κ1) is 30.4. The van der Waals surface area contributed by atoms with E-state index in [1.54, 1.807) is 0 Å². The molecule has 2 aromatic heterocycles. The summed E-state index contributed by atoms with van der Waals surface area (Å²) >= 11 is 0.822. The molecule has 0 atom stereocenters. The number of likely N-dealkylation sites (N-methyl/N-ethyl adjacent to an activating group) is 1. The zero-order chi connectivity index (χ0) is 30.9. The van der Waals surface area contributed by atoms with Crippen molar-refractivity contribution in [2.45, 2.75) is 13.1 Å². The highest BCUT2D eigenvalue weighted by Crippen LogP contribution is 2.35. The third-order valence-corrected chi connectivity index (χ3v) is 8.11. The Labute approximate surface area is 249 Å². The van der Waals surface area contributed by atoms with Gasteiger partial charge < -0.3 is 14.8 Å². The van der Waals surface area contributed by atoms with Gasteiger partial charge in [0.05, 0.1) is 5.69 Å². The number of hydrogen-bond acceptors (Lipinski definition) is 8. The number of H-pyrrole nitrogens is 1. The molecule has 3 heterocycles. The number of benzene rings is 2. The lowest BCUT2D eigenvalue weighted by Crippen LogP contribution is -2.48. The normalized spacial score (nSPS) is 15.0. The van der Waals surface area contributed by atoms with Gasteiger partial charge in [0.1, 0.15) is 28.3 Å². The van der Waals surface area contributed by atoms with Crippen molar-refractivity contribution in [1.29, 1.82) is 5.26 Å². The van der Waals surface area contributed by atoms with E-state index in [1.807, 2.05) is 25.1 Å². The predicted octanol–water partition coefficient (Wildman–Crippen LogP) is 5.81. The van der Waals surface area contributed by atoms with Crippen LogP contribution in [0.2, 0.25) is 0 Å². The number of nitrogens with zero attached hydrogens (tertiary/aromatic N) is 6. The number of nitrogens with one attached hydrogen (secondary N) is 2. The molecule has 43 heavy (non-hydrogen) atoms. The summed E-state index contributed by atoms with van der Waals surface area (Å²) in [6.45, 7) is 5.75. The molecule has 2 aromatic carbocycles. The number of aromatic nitrogens is 2. The second-order valence-corrected chi connectivity index (χ2v) is 11.5. The summed E-state index contributed by atoms with van der Waals surface area (Å²) in [6, 6.07) is 9.88. The number of hydrogen-bond donors (Lipinski definition) is 2. The molecule has 8 nitrogen and oxygen atoms in total. The van der Waals surface area contributed by atoms with Crippen molar-refractivity contribution in [1.82, 2.24) is 19.8 Å². The molecular formula is C29H29F5N8S. The van der Waals surface area contributed by atoms with Crippen molar-refractivity contribution in [3.8, 4) is 17.3 Å². The number of halogens is 5. The first-order valence-corrected chi connectivity index (χ1v) is 14.3. The fraction of sp³-hybridized carbons (Fsp3) is 0.345. The van der Waals surface area contributed by atoms with Gasteiger partial charge in [-0.05, 0) is 51.4 Å². The third-order valence-electron chi connectivity index (χ3n) is 7.24. The van der Waals surface area contributed by atoms with Gasteiger partial charge in [0.15, 0.2) is 5.71 Å². The number of fused-ring (bicyclic) bond motifs is 1. The monoisotopic (exact) mass is 616 g/mol. The van der Waals surface area contributed by atoms with Crippen LogP contribution in [0.25, 0.3) is 22.2 Å². The van der Waals surface area contributed by atoms with E-state index in [4.69, 9.17) is 0 Å². The minimum absolute atomic E-state index is 0.0472. The quantitative estimate of drug-likeness (QED) is 0.148. The number of alkyl halides is 3. The molecule has 0 bridgehead atoms. The molecule has 2 N–H and O–H groups in total. The van der Waals surface area contributed by atoms with Crippen molar-refractivity contribution in [3.63, 3.8) is 0 Å². The maximum atomic E-state index is 15.2. The van der Waals surface area contributed by atoms with Crippen LogP contribution in [-0.4, -0.2) is 85.0 Å². The van der Waals surface area contributed by atoms with Gasteiger partial charge in [0, 0.05) is 73.1 Å². The van der Waals surface area contributed by atoms with Crippen molar-refractivity contribution in [3.05, 3.63) is 64.2 Å². The van der Waals surface area contributed by atoms with Gasteiger partial charge in [-0.2, -0.15) is 23.5 Å². The maximum Gasteiger partial charge on any atom is 0.435 e. The van der Waals surface area contributed by atoms with E-state index in [0.717, 1.165) is 24.4 Å². The zero-order valence-electron chi connectivity index (χ0n) is 23.7. The Bertz CT molecular complexity index is 1680. The summed E-state index contributed by atoms with van der Waals surface area (Å²) in [5.41, 5.74) is 2.18. The van der Waals surface area contributed by atoms with Gasteiger partial charge in [-0.1, -0.05) is 11.3 Å². The first-order chi connectivity index (χ1) is 20.4. The number of hydrazone groups is 1. The van der Waals surface area contributed by atoms with Crippen LogP contribution >= 0.6 is 11.3 Å². The van der Waals surface area contributed by atoms with Crippen LogP contribution in [0.1, 0.15) is 16.1 Å². The second kappa shape index (κ2) is 12.3. The van der Waals surface area contributed by atoms with E-state index >= 15 is 4.39 Å². The van der Waals surface area contributed by atoms with Crippen molar-refractivity contribution >= 4 is 38.8 Å². The number of aryl methyl sites for hydroxylation is 1. The van der Waals surface area contributed by atoms with Crippen LogP contribution in [0.3, 0.4) is 0 Å². The lowest BCUT2D eigenvalue weighted by molar-refractivity contribution is -0.0581. The van der Waals surface area contributed by atoms with Crippen LogP contribution in [0, 0.1) is 29.9 Å². The summed E-state index contributed by atoms with van der Waals surface area (Å²) in [4.78, 5) is 13.4. The molecule has 0 unspecified atom stereocenters. The van der Waals surface area contributed by atoms with Gasteiger partial charge in [-0.3, -0.25) is 10.3 Å². The SMILES string of the molecule is Cc1[nH]c2cc(F)c(N3CCN(CCN(C)C)CC3)cc2c1/C(=N/Nc1nc(-c2ccc(F)cc2)c(C#N)s1)C(F)(F)F.